The van der Waals surface area contributed by atoms with Crippen molar-refractivity contribution in [2.24, 2.45) is 11.7 Å². The van der Waals surface area contributed by atoms with E-state index in [1.165, 1.54) is 19.3 Å². The molecular formula is C14H20N2O. The van der Waals surface area contributed by atoms with Crippen molar-refractivity contribution in [3.05, 3.63) is 29.8 Å². The van der Waals surface area contributed by atoms with Gasteiger partial charge in [-0.05, 0) is 30.4 Å². The van der Waals surface area contributed by atoms with Crippen molar-refractivity contribution in [3.8, 4) is 0 Å². The number of nitrogens with two attached hydrogens (primary N) is 1. The average molecular weight is 232 g/mol. The maximum absolute atomic E-state index is 11.0. The van der Waals surface area contributed by atoms with E-state index in [1.54, 1.807) is 0 Å². The number of rotatable bonds is 4. The summed E-state index contributed by atoms with van der Waals surface area (Å²) in [6.07, 6.45) is 4.10. The van der Waals surface area contributed by atoms with Crippen molar-refractivity contribution in [2.45, 2.75) is 38.6 Å². The highest BCUT2D eigenvalue weighted by molar-refractivity contribution is 5.78. The van der Waals surface area contributed by atoms with Crippen LogP contribution in [0.4, 0.5) is 5.69 Å². The number of nitrogens with one attached hydrogen (secondary N) is 1. The first-order valence-electron chi connectivity index (χ1n) is 6.29. The van der Waals surface area contributed by atoms with Gasteiger partial charge >= 0.3 is 0 Å². The molecule has 0 aromatic heterocycles. The highest BCUT2D eigenvalue weighted by Gasteiger charge is 2.23. The Kier molecular flexibility index (Phi) is 3.67. The van der Waals surface area contributed by atoms with Crippen LogP contribution in [0, 0.1) is 5.92 Å². The van der Waals surface area contributed by atoms with Crippen LogP contribution in [0.3, 0.4) is 0 Å². The molecule has 92 valence electrons. The van der Waals surface area contributed by atoms with Gasteiger partial charge in [0.25, 0.3) is 0 Å². The van der Waals surface area contributed by atoms with Gasteiger partial charge in [-0.2, -0.15) is 0 Å². The standard InChI is InChI=1S/C14H20N2O/c1-10-5-4-8-12(10)16-13-7-3-2-6-11(13)9-14(15)17/h2-3,6-7,10,12,16H,4-5,8-9H2,1H3,(H2,15,17). The Morgan fingerprint density at radius 2 is 2.18 bits per heavy atom. The van der Waals surface area contributed by atoms with Crippen LogP contribution in [0.25, 0.3) is 0 Å². The molecule has 1 aliphatic rings. The molecule has 2 atom stereocenters. The van der Waals surface area contributed by atoms with Gasteiger partial charge in [-0.15, -0.1) is 0 Å². The second kappa shape index (κ2) is 5.21. The molecule has 0 radical (unpaired) electrons. The van der Waals surface area contributed by atoms with E-state index >= 15 is 0 Å². The molecule has 3 heteroatoms. The normalized spacial score (nSPS) is 23.6. The maximum atomic E-state index is 11.0. The van der Waals surface area contributed by atoms with E-state index in [0.29, 0.717) is 18.4 Å². The molecule has 3 nitrogen and oxygen atoms in total. The molecule has 2 rings (SSSR count). The predicted octanol–water partition coefficient (Wildman–Crippen LogP) is 2.31. The Hall–Kier alpha value is -1.51. The lowest BCUT2D eigenvalue weighted by molar-refractivity contribution is -0.117. The summed E-state index contributed by atoms with van der Waals surface area (Å²) in [5, 5.41) is 3.56. The van der Waals surface area contributed by atoms with Crippen LogP contribution in [0.15, 0.2) is 24.3 Å². The van der Waals surface area contributed by atoms with Crippen molar-refractivity contribution in [2.75, 3.05) is 5.32 Å². The lowest BCUT2D eigenvalue weighted by Gasteiger charge is -2.20. The Bertz CT molecular complexity index is 403. The zero-order chi connectivity index (χ0) is 12.3. The summed E-state index contributed by atoms with van der Waals surface area (Å²) < 4.78 is 0. The Morgan fingerprint density at radius 3 is 2.82 bits per heavy atom. The largest absolute Gasteiger partial charge is 0.382 e. The Morgan fingerprint density at radius 1 is 1.41 bits per heavy atom. The van der Waals surface area contributed by atoms with Crippen molar-refractivity contribution in [1.29, 1.82) is 0 Å². The SMILES string of the molecule is CC1CCCC1Nc1ccccc1CC(N)=O. The van der Waals surface area contributed by atoms with Crippen LogP contribution in [0.5, 0.6) is 0 Å². The summed E-state index contributed by atoms with van der Waals surface area (Å²) in [5.74, 6) is 0.426. The maximum Gasteiger partial charge on any atom is 0.221 e. The van der Waals surface area contributed by atoms with Gasteiger partial charge in [-0.25, -0.2) is 0 Å². The number of para-hydroxylation sites is 1. The van der Waals surface area contributed by atoms with E-state index in [4.69, 9.17) is 5.73 Å². The molecule has 1 aromatic carbocycles. The first-order chi connectivity index (χ1) is 8.16. The van der Waals surface area contributed by atoms with Crippen LogP contribution >= 0.6 is 0 Å². The third-order valence-electron chi connectivity index (χ3n) is 3.58. The van der Waals surface area contributed by atoms with Crippen LogP contribution in [-0.2, 0) is 11.2 Å². The van der Waals surface area contributed by atoms with Gasteiger partial charge in [-0.3, -0.25) is 4.79 Å². The fraction of sp³-hybridized carbons (Fsp3) is 0.500. The molecule has 0 saturated heterocycles. The zero-order valence-electron chi connectivity index (χ0n) is 10.3. The molecule has 1 saturated carbocycles. The lowest BCUT2D eigenvalue weighted by atomic mass is 10.0. The number of benzene rings is 1. The monoisotopic (exact) mass is 232 g/mol. The summed E-state index contributed by atoms with van der Waals surface area (Å²) in [6, 6.07) is 8.47. The number of carbonyl (C=O) groups excluding carboxylic acids is 1. The minimum atomic E-state index is -0.279. The minimum absolute atomic E-state index is 0.279. The number of hydrogen-bond donors (Lipinski definition) is 2. The summed E-state index contributed by atoms with van der Waals surface area (Å²) >= 11 is 0. The number of amides is 1. The van der Waals surface area contributed by atoms with Crippen LogP contribution in [-0.4, -0.2) is 11.9 Å². The van der Waals surface area contributed by atoms with Crippen LogP contribution < -0.4 is 11.1 Å². The fourth-order valence-electron chi connectivity index (χ4n) is 2.56. The number of anilines is 1. The van der Waals surface area contributed by atoms with Crippen molar-refractivity contribution < 1.29 is 4.79 Å². The van der Waals surface area contributed by atoms with Gasteiger partial charge in [0.15, 0.2) is 0 Å². The number of carbonyl (C=O) groups is 1. The second-order valence-electron chi connectivity index (χ2n) is 4.96. The smallest absolute Gasteiger partial charge is 0.221 e. The zero-order valence-corrected chi connectivity index (χ0v) is 10.3. The van der Waals surface area contributed by atoms with Gasteiger partial charge in [-0.1, -0.05) is 31.5 Å². The van der Waals surface area contributed by atoms with E-state index < -0.39 is 0 Å². The van der Waals surface area contributed by atoms with Crippen molar-refractivity contribution in [3.63, 3.8) is 0 Å². The van der Waals surface area contributed by atoms with Gasteiger partial charge in [0, 0.05) is 11.7 Å². The van der Waals surface area contributed by atoms with Crippen LogP contribution in [0.2, 0.25) is 0 Å². The Labute approximate surface area is 102 Å². The third-order valence-corrected chi connectivity index (χ3v) is 3.58. The number of primary amides is 1. The minimum Gasteiger partial charge on any atom is -0.382 e. The average Bonchev–Trinajstić information content (AvgIpc) is 2.67. The molecule has 1 aromatic rings. The first-order valence-corrected chi connectivity index (χ1v) is 6.29. The molecule has 17 heavy (non-hydrogen) atoms. The summed E-state index contributed by atoms with van der Waals surface area (Å²) in [5.41, 5.74) is 7.32. The van der Waals surface area contributed by atoms with Crippen molar-refractivity contribution >= 4 is 11.6 Å². The summed E-state index contributed by atoms with van der Waals surface area (Å²) in [6.45, 7) is 2.28. The van der Waals surface area contributed by atoms with E-state index in [9.17, 15) is 4.79 Å². The molecule has 0 spiro atoms. The van der Waals surface area contributed by atoms with E-state index in [0.717, 1.165) is 11.3 Å². The highest BCUT2D eigenvalue weighted by Crippen LogP contribution is 2.29. The van der Waals surface area contributed by atoms with Gasteiger partial charge in [0.2, 0.25) is 5.91 Å². The predicted molar refractivity (Wildman–Crippen MR) is 69.8 cm³/mol. The van der Waals surface area contributed by atoms with Crippen molar-refractivity contribution in [1.82, 2.24) is 0 Å². The molecule has 1 fully saturated rings. The molecule has 0 bridgehead atoms. The third kappa shape index (κ3) is 2.99. The van der Waals surface area contributed by atoms with E-state index in [1.807, 2.05) is 24.3 Å². The first kappa shape index (κ1) is 12.0. The molecule has 1 amide bonds. The molecule has 2 unspecified atom stereocenters. The Balaban J connectivity index is 2.11. The molecule has 0 heterocycles. The highest BCUT2D eigenvalue weighted by atomic mass is 16.1. The molecular weight excluding hydrogens is 212 g/mol. The molecule has 0 aliphatic heterocycles. The summed E-state index contributed by atoms with van der Waals surface area (Å²) in [4.78, 5) is 11.0. The quantitative estimate of drug-likeness (QED) is 0.837. The van der Waals surface area contributed by atoms with Gasteiger partial charge in [0.1, 0.15) is 0 Å². The lowest BCUT2D eigenvalue weighted by Crippen LogP contribution is -2.23. The topological polar surface area (TPSA) is 55.1 Å². The number of hydrogen-bond acceptors (Lipinski definition) is 2. The second-order valence-corrected chi connectivity index (χ2v) is 4.96. The molecule has 3 N–H and O–H groups in total. The fourth-order valence-corrected chi connectivity index (χ4v) is 2.56. The van der Waals surface area contributed by atoms with Crippen LogP contribution in [0.1, 0.15) is 31.7 Å². The van der Waals surface area contributed by atoms with Gasteiger partial charge < -0.3 is 11.1 Å². The molecule has 1 aliphatic carbocycles. The van der Waals surface area contributed by atoms with E-state index in [-0.39, 0.29) is 5.91 Å². The van der Waals surface area contributed by atoms with E-state index in [2.05, 4.69) is 12.2 Å². The van der Waals surface area contributed by atoms with Gasteiger partial charge in [0.05, 0.1) is 6.42 Å². The summed E-state index contributed by atoms with van der Waals surface area (Å²) in [7, 11) is 0.